The number of rotatable bonds is 14. The molecule has 0 amide bonds. The van der Waals surface area contributed by atoms with Crippen LogP contribution in [0.3, 0.4) is 0 Å². The summed E-state index contributed by atoms with van der Waals surface area (Å²) in [6, 6.07) is 5.41. The van der Waals surface area contributed by atoms with Crippen molar-refractivity contribution in [2.45, 2.75) is 125 Å². The second-order valence-electron chi connectivity index (χ2n) is 12.7. The highest BCUT2D eigenvalue weighted by atomic mass is 16.5. The summed E-state index contributed by atoms with van der Waals surface area (Å²) < 4.78 is 12.4. The monoisotopic (exact) mass is 521 g/mol. The molecule has 3 rings (SSSR count). The van der Waals surface area contributed by atoms with E-state index in [-0.39, 0.29) is 11.6 Å². The van der Waals surface area contributed by atoms with E-state index in [9.17, 15) is 4.79 Å². The smallest absolute Gasteiger partial charge is 0.345 e. The van der Waals surface area contributed by atoms with E-state index in [0.29, 0.717) is 11.3 Å². The second kappa shape index (κ2) is 14.1. The molecule has 1 aliphatic rings. The zero-order chi connectivity index (χ0) is 27.7. The maximum Gasteiger partial charge on any atom is 0.345 e. The lowest BCUT2D eigenvalue weighted by molar-refractivity contribution is 0.0509. The Balaban J connectivity index is 1.47. The van der Waals surface area contributed by atoms with Gasteiger partial charge in [-0.15, -0.1) is 0 Å². The lowest BCUT2D eigenvalue weighted by Crippen LogP contribution is -2.37. The molecule has 4 nitrogen and oxygen atoms in total. The van der Waals surface area contributed by atoms with Crippen LogP contribution in [0.1, 0.15) is 126 Å². The van der Waals surface area contributed by atoms with E-state index in [0.717, 1.165) is 53.9 Å². The van der Waals surface area contributed by atoms with Crippen molar-refractivity contribution >= 4 is 5.97 Å². The van der Waals surface area contributed by atoms with Gasteiger partial charge in [-0.3, -0.25) is 4.98 Å². The molecule has 3 atom stereocenters. The van der Waals surface area contributed by atoms with Gasteiger partial charge in [-0.2, -0.15) is 0 Å². The van der Waals surface area contributed by atoms with E-state index in [4.69, 9.17) is 9.47 Å². The summed E-state index contributed by atoms with van der Waals surface area (Å²) in [7, 11) is 0. The molecule has 0 N–H and O–H groups in total. The number of hydrogen-bond acceptors (Lipinski definition) is 4. The standard InChI is InChI=1S/C34H51NO3/c1-24(2)12-8-13-25(3)14-9-15-26(4)16-10-19-34(7)20-18-30-28(6)31(22-27(5)32(30)38-34)37-33(36)29-17-11-21-35-23-29/h11,17,21-26H,8-10,12-16,18-20H2,1-7H3. The van der Waals surface area contributed by atoms with Crippen LogP contribution in [0, 0.1) is 31.6 Å². The molecule has 210 valence electrons. The Labute approximate surface area is 231 Å². The van der Waals surface area contributed by atoms with Crippen molar-refractivity contribution in [3.63, 3.8) is 0 Å². The minimum atomic E-state index is -0.378. The lowest BCUT2D eigenvalue weighted by Gasteiger charge is -2.38. The Morgan fingerprint density at radius 2 is 1.68 bits per heavy atom. The Bertz CT molecular complexity index is 1030. The summed E-state index contributed by atoms with van der Waals surface area (Å²) in [5.74, 6) is 3.69. The van der Waals surface area contributed by atoms with Gasteiger partial charge in [0, 0.05) is 18.0 Å². The van der Waals surface area contributed by atoms with Gasteiger partial charge in [-0.05, 0) is 93.5 Å². The molecule has 2 aromatic rings. The van der Waals surface area contributed by atoms with E-state index in [2.05, 4.69) is 46.5 Å². The van der Waals surface area contributed by atoms with Crippen LogP contribution >= 0.6 is 0 Å². The Kier molecular flexibility index (Phi) is 11.2. The van der Waals surface area contributed by atoms with E-state index in [1.807, 2.05) is 13.0 Å². The number of esters is 1. The number of carbonyl (C=O) groups is 1. The third-order valence-corrected chi connectivity index (χ3v) is 8.43. The molecule has 1 aromatic heterocycles. The van der Waals surface area contributed by atoms with Gasteiger partial charge in [0.15, 0.2) is 0 Å². The predicted octanol–water partition coefficient (Wildman–Crippen LogP) is 9.44. The molecule has 38 heavy (non-hydrogen) atoms. The number of hydrogen-bond donors (Lipinski definition) is 0. The highest BCUT2D eigenvalue weighted by Gasteiger charge is 2.34. The van der Waals surface area contributed by atoms with Gasteiger partial charge in [-0.1, -0.05) is 72.6 Å². The number of pyridine rings is 1. The number of aryl methyl sites for hydroxylation is 1. The van der Waals surface area contributed by atoms with E-state index in [1.165, 1.54) is 63.1 Å². The minimum absolute atomic E-state index is 0.136. The van der Waals surface area contributed by atoms with Crippen molar-refractivity contribution in [3.05, 3.63) is 52.8 Å². The lowest BCUT2D eigenvalue weighted by atomic mass is 9.84. The minimum Gasteiger partial charge on any atom is -0.487 e. The van der Waals surface area contributed by atoms with E-state index < -0.39 is 0 Å². The fraction of sp³-hybridized carbons (Fsp3) is 0.647. The van der Waals surface area contributed by atoms with Crippen LogP contribution in [0.5, 0.6) is 11.5 Å². The number of carbonyl (C=O) groups excluding carboxylic acids is 1. The quantitative estimate of drug-likeness (QED) is 0.183. The molecule has 4 heteroatoms. The van der Waals surface area contributed by atoms with Crippen molar-refractivity contribution in [3.8, 4) is 11.5 Å². The molecule has 0 spiro atoms. The first-order chi connectivity index (χ1) is 18.1. The Morgan fingerprint density at radius 3 is 2.32 bits per heavy atom. The number of fused-ring (bicyclic) bond motifs is 1. The summed E-state index contributed by atoms with van der Waals surface area (Å²) >= 11 is 0. The van der Waals surface area contributed by atoms with Crippen molar-refractivity contribution in [1.29, 1.82) is 0 Å². The maximum atomic E-state index is 12.6. The fourth-order valence-electron chi connectivity index (χ4n) is 5.78. The zero-order valence-corrected chi connectivity index (χ0v) is 25.1. The predicted molar refractivity (Wildman–Crippen MR) is 157 cm³/mol. The molecule has 1 aromatic carbocycles. The van der Waals surface area contributed by atoms with Gasteiger partial charge in [0.2, 0.25) is 0 Å². The largest absolute Gasteiger partial charge is 0.487 e. The summed E-state index contributed by atoms with van der Waals surface area (Å²) in [4.78, 5) is 16.6. The summed E-state index contributed by atoms with van der Waals surface area (Å²) in [5, 5.41) is 0. The SMILES string of the molecule is Cc1cc(OC(=O)c2cccnc2)c(C)c2c1OC(C)(CCCC(C)CCCC(C)CCCC(C)C)CC2. The molecule has 0 saturated carbocycles. The van der Waals surface area contributed by atoms with Gasteiger partial charge in [-0.25, -0.2) is 4.79 Å². The summed E-state index contributed by atoms with van der Waals surface area (Å²) in [5.41, 5.74) is 3.52. The van der Waals surface area contributed by atoms with Gasteiger partial charge in [0.05, 0.1) is 5.56 Å². The van der Waals surface area contributed by atoms with Crippen LogP contribution in [0.4, 0.5) is 0 Å². The van der Waals surface area contributed by atoms with Crippen molar-refractivity contribution in [2.24, 2.45) is 17.8 Å². The molecule has 0 aliphatic carbocycles. The number of ether oxygens (including phenoxy) is 2. The Morgan fingerprint density at radius 1 is 1.03 bits per heavy atom. The average molecular weight is 522 g/mol. The van der Waals surface area contributed by atoms with Gasteiger partial charge in [0.1, 0.15) is 17.1 Å². The van der Waals surface area contributed by atoms with Crippen molar-refractivity contribution in [1.82, 2.24) is 4.98 Å². The summed E-state index contributed by atoms with van der Waals surface area (Å²) in [6.45, 7) is 15.9. The van der Waals surface area contributed by atoms with Crippen LogP contribution in [0.15, 0.2) is 30.6 Å². The third-order valence-electron chi connectivity index (χ3n) is 8.43. The number of benzene rings is 1. The number of aromatic nitrogens is 1. The average Bonchev–Trinajstić information content (AvgIpc) is 2.87. The fourth-order valence-corrected chi connectivity index (χ4v) is 5.78. The normalized spacial score (nSPS) is 18.5. The zero-order valence-electron chi connectivity index (χ0n) is 25.1. The van der Waals surface area contributed by atoms with Crippen LogP contribution in [0.25, 0.3) is 0 Å². The molecular weight excluding hydrogens is 470 g/mol. The number of nitrogens with zero attached hydrogens (tertiary/aromatic N) is 1. The van der Waals surface area contributed by atoms with Gasteiger partial charge in [0.25, 0.3) is 0 Å². The third kappa shape index (κ3) is 8.85. The van der Waals surface area contributed by atoms with Crippen LogP contribution in [-0.2, 0) is 6.42 Å². The molecule has 1 aliphatic heterocycles. The molecular formula is C34H51NO3. The molecule has 0 fully saturated rings. The first-order valence-corrected chi connectivity index (χ1v) is 15.0. The van der Waals surface area contributed by atoms with Crippen molar-refractivity contribution in [2.75, 3.05) is 0 Å². The van der Waals surface area contributed by atoms with Crippen LogP contribution in [0.2, 0.25) is 0 Å². The van der Waals surface area contributed by atoms with E-state index >= 15 is 0 Å². The molecule has 2 heterocycles. The highest BCUT2D eigenvalue weighted by molar-refractivity contribution is 5.90. The first kappa shape index (κ1) is 30.2. The summed E-state index contributed by atoms with van der Waals surface area (Å²) in [6.07, 6.45) is 16.9. The molecule has 0 radical (unpaired) electrons. The maximum absolute atomic E-state index is 12.6. The van der Waals surface area contributed by atoms with Crippen LogP contribution in [-0.4, -0.2) is 16.6 Å². The van der Waals surface area contributed by atoms with Gasteiger partial charge >= 0.3 is 5.97 Å². The van der Waals surface area contributed by atoms with Crippen LogP contribution < -0.4 is 9.47 Å². The topological polar surface area (TPSA) is 48.4 Å². The van der Waals surface area contributed by atoms with E-state index in [1.54, 1.807) is 18.3 Å². The second-order valence-corrected chi connectivity index (χ2v) is 12.7. The Hall–Kier alpha value is -2.36. The first-order valence-electron chi connectivity index (χ1n) is 15.0. The molecule has 0 saturated heterocycles. The van der Waals surface area contributed by atoms with Crippen molar-refractivity contribution < 1.29 is 14.3 Å². The van der Waals surface area contributed by atoms with Gasteiger partial charge < -0.3 is 9.47 Å². The molecule has 3 unspecified atom stereocenters. The highest BCUT2D eigenvalue weighted by Crippen LogP contribution is 2.43. The molecule has 0 bridgehead atoms.